The van der Waals surface area contributed by atoms with Crippen molar-refractivity contribution >= 4 is 21.6 Å². The number of halogens is 2. The Bertz CT molecular complexity index is 565. The van der Waals surface area contributed by atoms with E-state index < -0.39 is 0 Å². The zero-order chi connectivity index (χ0) is 13.3. The number of nitrogens with zero attached hydrogens (tertiary/aromatic N) is 2. The Morgan fingerprint density at radius 2 is 2.17 bits per heavy atom. The fourth-order valence-electron chi connectivity index (χ4n) is 1.92. The highest BCUT2D eigenvalue weighted by Gasteiger charge is 2.12. The molecule has 0 saturated heterocycles. The van der Waals surface area contributed by atoms with E-state index in [0.29, 0.717) is 4.47 Å². The summed E-state index contributed by atoms with van der Waals surface area (Å²) in [6.07, 6.45) is 1.75. The van der Waals surface area contributed by atoms with Crippen LogP contribution in [0, 0.1) is 12.7 Å². The number of rotatable bonds is 3. The highest BCUT2D eigenvalue weighted by atomic mass is 79.9. The van der Waals surface area contributed by atoms with Crippen molar-refractivity contribution in [2.45, 2.75) is 19.9 Å². The van der Waals surface area contributed by atoms with Crippen LogP contribution in [0.15, 0.2) is 28.9 Å². The summed E-state index contributed by atoms with van der Waals surface area (Å²) in [6, 6.07) is 5.29. The SMILES string of the molecule is Cc1cc(Br)c(F)cc1NC(C)c1ccnn1C. The minimum atomic E-state index is -0.264. The van der Waals surface area contributed by atoms with Gasteiger partial charge in [-0.2, -0.15) is 5.10 Å². The zero-order valence-electron chi connectivity index (χ0n) is 10.5. The lowest BCUT2D eigenvalue weighted by Gasteiger charge is -2.17. The molecule has 0 aliphatic carbocycles. The van der Waals surface area contributed by atoms with Gasteiger partial charge in [-0.25, -0.2) is 4.39 Å². The lowest BCUT2D eigenvalue weighted by Crippen LogP contribution is -2.12. The number of aromatic nitrogens is 2. The van der Waals surface area contributed by atoms with Gasteiger partial charge in [0, 0.05) is 18.9 Å². The second-order valence-electron chi connectivity index (χ2n) is 4.33. The molecule has 1 aromatic carbocycles. The Morgan fingerprint density at radius 1 is 1.44 bits per heavy atom. The Kier molecular flexibility index (Phi) is 3.71. The quantitative estimate of drug-likeness (QED) is 0.934. The van der Waals surface area contributed by atoms with Crippen molar-refractivity contribution in [3.63, 3.8) is 0 Å². The van der Waals surface area contributed by atoms with Crippen LogP contribution in [0.2, 0.25) is 0 Å². The van der Waals surface area contributed by atoms with Gasteiger partial charge in [0.05, 0.1) is 16.2 Å². The lowest BCUT2D eigenvalue weighted by molar-refractivity contribution is 0.620. The molecule has 1 atom stereocenters. The molecule has 0 aliphatic rings. The summed E-state index contributed by atoms with van der Waals surface area (Å²) in [5, 5.41) is 7.43. The standard InChI is InChI=1S/C13H15BrFN3/c1-8-6-10(14)11(15)7-12(8)17-9(2)13-4-5-16-18(13)3/h4-7,9,17H,1-3H3. The first kappa shape index (κ1) is 13.1. The third-order valence-electron chi connectivity index (χ3n) is 2.94. The molecule has 3 nitrogen and oxygen atoms in total. The Balaban J connectivity index is 2.24. The van der Waals surface area contributed by atoms with Crippen molar-refractivity contribution in [1.82, 2.24) is 9.78 Å². The maximum Gasteiger partial charge on any atom is 0.139 e. The molecular formula is C13H15BrFN3. The molecule has 1 N–H and O–H groups in total. The summed E-state index contributed by atoms with van der Waals surface area (Å²) in [4.78, 5) is 0. The average Bonchev–Trinajstić information content (AvgIpc) is 2.72. The Morgan fingerprint density at radius 3 is 2.78 bits per heavy atom. The molecule has 0 aliphatic heterocycles. The van der Waals surface area contributed by atoms with Crippen LogP contribution in [-0.2, 0) is 7.05 Å². The second-order valence-corrected chi connectivity index (χ2v) is 5.18. The normalized spacial score (nSPS) is 12.5. The molecule has 0 spiro atoms. The third-order valence-corrected chi connectivity index (χ3v) is 3.55. The number of hydrogen-bond donors (Lipinski definition) is 1. The third kappa shape index (κ3) is 2.56. The summed E-state index contributed by atoms with van der Waals surface area (Å²) in [5.41, 5.74) is 2.85. The van der Waals surface area contributed by atoms with Gasteiger partial charge in [-0.15, -0.1) is 0 Å². The minimum Gasteiger partial charge on any atom is -0.377 e. The van der Waals surface area contributed by atoms with Crippen molar-refractivity contribution in [2.24, 2.45) is 7.05 Å². The van der Waals surface area contributed by atoms with E-state index in [0.717, 1.165) is 16.9 Å². The van der Waals surface area contributed by atoms with E-state index in [1.54, 1.807) is 12.3 Å². The van der Waals surface area contributed by atoms with Gasteiger partial charge < -0.3 is 5.32 Å². The number of nitrogens with one attached hydrogen (secondary N) is 1. The van der Waals surface area contributed by atoms with E-state index >= 15 is 0 Å². The van der Waals surface area contributed by atoms with Crippen molar-refractivity contribution < 1.29 is 4.39 Å². The van der Waals surface area contributed by atoms with Gasteiger partial charge in [-0.05, 0) is 53.5 Å². The van der Waals surface area contributed by atoms with Crippen LogP contribution in [-0.4, -0.2) is 9.78 Å². The molecular weight excluding hydrogens is 297 g/mol. The molecule has 0 bridgehead atoms. The van der Waals surface area contributed by atoms with Gasteiger partial charge in [0.25, 0.3) is 0 Å². The van der Waals surface area contributed by atoms with Gasteiger partial charge in [-0.1, -0.05) is 0 Å². The maximum absolute atomic E-state index is 13.5. The maximum atomic E-state index is 13.5. The molecule has 1 heterocycles. The molecule has 2 rings (SSSR count). The Labute approximate surface area is 114 Å². The van der Waals surface area contributed by atoms with Crippen LogP contribution in [0.4, 0.5) is 10.1 Å². The highest BCUT2D eigenvalue weighted by Crippen LogP contribution is 2.27. The predicted octanol–water partition coefficient (Wildman–Crippen LogP) is 3.80. The molecule has 1 unspecified atom stereocenters. The number of aryl methyl sites for hydroxylation is 2. The summed E-state index contributed by atoms with van der Waals surface area (Å²) < 4.78 is 15.8. The van der Waals surface area contributed by atoms with Gasteiger partial charge in [0.2, 0.25) is 0 Å². The van der Waals surface area contributed by atoms with Crippen molar-refractivity contribution in [3.05, 3.63) is 45.9 Å². The molecule has 1 aromatic heterocycles. The monoisotopic (exact) mass is 311 g/mol. The zero-order valence-corrected chi connectivity index (χ0v) is 12.1. The minimum absolute atomic E-state index is 0.0665. The van der Waals surface area contributed by atoms with Crippen LogP contribution in [0.5, 0.6) is 0 Å². The van der Waals surface area contributed by atoms with Gasteiger partial charge in [-0.3, -0.25) is 4.68 Å². The predicted molar refractivity (Wildman–Crippen MR) is 74.1 cm³/mol. The van der Waals surface area contributed by atoms with Crippen molar-refractivity contribution in [2.75, 3.05) is 5.32 Å². The number of hydrogen-bond acceptors (Lipinski definition) is 2. The molecule has 0 radical (unpaired) electrons. The van der Waals surface area contributed by atoms with Gasteiger partial charge in [0.1, 0.15) is 5.82 Å². The first-order valence-electron chi connectivity index (χ1n) is 5.69. The summed E-state index contributed by atoms with van der Waals surface area (Å²) in [7, 11) is 1.89. The van der Waals surface area contributed by atoms with Crippen molar-refractivity contribution in [1.29, 1.82) is 0 Å². The molecule has 96 valence electrons. The first-order valence-corrected chi connectivity index (χ1v) is 6.48. The number of benzene rings is 1. The number of anilines is 1. The largest absolute Gasteiger partial charge is 0.377 e. The molecule has 0 fully saturated rings. The van der Waals surface area contributed by atoms with Crippen LogP contribution in [0.1, 0.15) is 24.2 Å². The van der Waals surface area contributed by atoms with E-state index in [1.807, 2.05) is 31.6 Å². The van der Waals surface area contributed by atoms with E-state index in [2.05, 4.69) is 26.3 Å². The highest BCUT2D eigenvalue weighted by molar-refractivity contribution is 9.10. The van der Waals surface area contributed by atoms with E-state index in [-0.39, 0.29) is 11.9 Å². The Hall–Kier alpha value is -1.36. The molecule has 2 aromatic rings. The smallest absolute Gasteiger partial charge is 0.139 e. The van der Waals surface area contributed by atoms with Crippen LogP contribution in [0.25, 0.3) is 0 Å². The van der Waals surface area contributed by atoms with E-state index in [4.69, 9.17) is 0 Å². The van der Waals surface area contributed by atoms with E-state index in [9.17, 15) is 4.39 Å². The average molecular weight is 312 g/mol. The fourth-order valence-corrected chi connectivity index (χ4v) is 2.38. The van der Waals surface area contributed by atoms with E-state index in [1.165, 1.54) is 6.07 Å². The summed E-state index contributed by atoms with van der Waals surface area (Å²) >= 11 is 3.18. The molecule has 5 heteroatoms. The molecule has 0 saturated carbocycles. The van der Waals surface area contributed by atoms with Gasteiger partial charge in [0.15, 0.2) is 0 Å². The van der Waals surface area contributed by atoms with Gasteiger partial charge >= 0.3 is 0 Å². The van der Waals surface area contributed by atoms with Crippen LogP contribution in [0.3, 0.4) is 0 Å². The molecule has 0 amide bonds. The van der Waals surface area contributed by atoms with Crippen molar-refractivity contribution in [3.8, 4) is 0 Å². The van der Waals surface area contributed by atoms with Crippen LogP contribution < -0.4 is 5.32 Å². The molecule has 18 heavy (non-hydrogen) atoms. The first-order chi connectivity index (χ1) is 8.49. The summed E-state index contributed by atoms with van der Waals surface area (Å²) in [6.45, 7) is 3.97. The fraction of sp³-hybridized carbons (Fsp3) is 0.308. The lowest BCUT2D eigenvalue weighted by atomic mass is 10.1. The summed E-state index contributed by atoms with van der Waals surface area (Å²) in [5.74, 6) is -0.264. The second kappa shape index (κ2) is 5.10. The topological polar surface area (TPSA) is 29.9 Å². The van der Waals surface area contributed by atoms with Crippen LogP contribution >= 0.6 is 15.9 Å².